The zero-order valence-corrected chi connectivity index (χ0v) is 42.0. The maximum absolute atomic E-state index is 6.68. The minimum Gasteiger partial charge on any atom is -0.510 e. The number of pyridine rings is 1. The first-order chi connectivity index (χ1) is 31.7. The van der Waals surface area contributed by atoms with Crippen LogP contribution in [0.4, 0.5) is 0 Å². The van der Waals surface area contributed by atoms with Crippen LogP contribution in [0, 0.1) is 24.4 Å². The van der Waals surface area contributed by atoms with Gasteiger partial charge in [0, 0.05) is 44.3 Å². The second kappa shape index (κ2) is 17.9. The molecule has 0 aliphatic rings. The maximum atomic E-state index is 6.68. The Balaban J connectivity index is 0.00000562. The van der Waals surface area contributed by atoms with E-state index in [4.69, 9.17) is 9.72 Å². The van der Waals surface area contributed by atoms with E-state index in [-0.39, 0.29) is 31.9 Å². The van der Waals surface area contributed by atoms with Gasteiger partial charge in [0.15, 0.2) is 0 Å². The molecule has 67 heavy (non-hydrogen) atoms. The van der Waals surface area contributed by atoms with E-state index in [0.29, 0.717) is 23.3 Å². The van der Waals surface area contributed by atoms with Crippen molar-refractivity contribution in [3.05, 3.63) is 199 Å². The van der Waals surface area contributed by atoms with Gasteiger partial charge in [-0.05, 0) is 90.9 Å². The first-order valence-electron chi connectivity index (χ1n) is 23.2. The molecule has 3 aromatic heterocycles. The Bertz CT molecular complexity index is 3390. The molecule has 0 aliphatic heterocycles. The van der Waals surface area contributed by atoms with Crippen LogP contribution in [0.5, 0.6) is 11.5 Å². The number of aromatic nitrogens is 4. The number of hydrogen-bond acceptors (Lipinski definition) is 2. The number of imidazole rings is 1. The van der Waals surface area contributed by atoms with Crippen molar-refractivity contribution >= 4 is 32.8 Å². The molecule has 0 amide bonds. The van der Waals surface area contributed by atoms with Gasteiger partial charge in [0.2, 0.25) is 0 Å². The summed E-state index contributed by atoms with van der Waals surface area (Å²) in [5.74, 6) is 2.93. The van der Waals surface area contributed by atoms with E-state index >= 15 is 0 Å². The smallest absolute Gasteiger partial charge is 0.268 e. The van der Waals surface area contributed by atoms with Gasteiger partial charge in [0.1, 0.15) is 5.82 Å². The number of hydrogen-bond donors (Lipinski definition) is 0. The van der Waals surface area contributed by atoms with Crippen molar-refractivity contribution in [3.8, 4) is 50.9 Å². The van der Waals surface area contributed by atoms with Crippen LogP contribution in [0.25, 0.3) is 72.3 Å². The fourth-order valence-corrected chi connectivity index (χ4v) is 9.06. The molecular formula is C61H56N4OPt-2. The Morgan fingerprint density at radius 1 is 0.582 bits per heavy atom. The minimum absolute atomic E-state index is 0. The summed E-state index contributed by atoms with van der Waals surface area (Å²) in [7, 11) is 0. The van der Waals surface area contributed by atoms with Crippen molar-refractivity contribution in [2.75, 3.05) is 0 Å². The van der Waals surface area contributed by atoms with E-state index in [2.05, 4.69) is 234 Å². The number of nitrogens with zero attached hydrogens (tertiary/aromatic N) is 4. The first-order valence-corrected chi connectivity index (χ1v) is 23.2. The monoisotopic (exact) mass is 1060 g/mol. The van der Waals surface area contributed by atoms with Gasteiger partial charge in [-0.2, -0.15) is 18.2 Å². The van der Waals surface area contributed by atoms with Crippen LogP contribution in [-0.2, 0) is 31.9 Å². The summed E-state index contributed by atoms with van der Waals surface area (Å²) in [6.45, 7) is 20.6. The summed E-state index contributed by atoms with van der Waals surface area (Å²) >= 11 is 0. The van der Waals surface area contributed by atoms with Gasteiger partial charge in [0.05, 0.1) is 16.7 Å². The van der Waals surface area contributed by atoms with Gasteiger partial charge in [-0.3, -0.25) is 4.57 Å². The number of ether oxygens (including phenoxy) is 1. The molecule has 0 fully saturated rings. The van der Waals surface area contributed by atoms with Crippen LogP contribution >= 0.6 is 0 Å². The van der Waals surface area contributed by atoms with Gasteiger partial charge < -0.3 is 13.9 Å². The van der Waals surface area contributed by atoms with Crippen molar-refractivity contribution < 1.29 is 30.4 Å². The maximum Gasteiger partial charge on any atom is 0.268 e. The molecule has 6 heteroatoms. The Morgan fingerprint density at radius 2 is 1.22 bits per heavy atom. The van der Waals surface area contributed by atoms with Crippen molar-refractivity contribution in [1.29, 1.82) is 0 Å². The SMILES string of the molecule is CC(C)C(C)c1ccnc(-n2c3[c-]c(Oc4[c-]c(-n5[c-][n+](-c6c(-c7ccccc7)cccc6-c6cc(C(C)(C)C)cc(C(C)(C)C)c6)c6ccccc65)ccc4)ccc3c3ccccc32)c1.[Pt]. The van der Waals surface area contributed by atoms with Crippen molar-refractivity contribution in [3.63, 3.8) is 0 Å². The van der Waals surface area contributed by atoms with Crippen LogP contribution in [0.3, 0.4) is 0 Å². The summed E-state index contributed by atoms with van der Waals surface area (Å²) in [5, 5.41) is 2.23. The third kappa shape index (κ3) is 8.67. The molecule has 1 atom stereocenters. The predicted molar refractivity (Wildman–Crippen MR) is 271 cm³/mol. The van der Waals surface area contributed by atoms with Gasteiger partial charge in [-0.15, -0.1) is 29.7 Å². The van der Waals surface area contributed by atoms with E-state index in [0.717, 1.165) is 66.7 Å². The zero-order chi connectivity index (χ0) is 45.9. The van der Waals surface area contributed by atoms with E-state index in [1.54, 1.807) is 0 Å². The molecule has 10 aromatic rings. The summed E-state index contributed by atoms with van der Waals surface area (Å²) in [5.41, 5.74) is 14.3. The first kappa shape index (κ1) is 45.6. The molecule has 1 unspecified atom stereocenters. The van der Waals surface area contributed by atoms with Gasteiger partial charge >= 0.3 is 0 Å². The number of rotatable bonds is 9. The van der Waals surface area contributed by atoms with E-state index in [1.807, 2.05) is 24.4 Å². The van der Waals surface area contributed by atoms with Crippen LogP contribution in [0.15, 0.2) is 164 Å². The number of para-hydroxylation sites is 4. The van der Waals surface area contributed by atoms with E-state index in [9.17, 15) is 0 Å². The summed E-state index contributed by atoms with van der Waals surface area (Å²) in [6.07, 6.45) is 5.76. The average Bonchev–Trinajstić information content (AvgIpc) is 3.87. The Hall–Kier alpha value is -6.55. The molecule has 0 aliphatic carbocycles. The molecule has 3 heterocycles. The van der Waals surface area contributed by atoms with Gasteiger partial charge in [-0.25, -0.2) is 4.98 Å². The van der Waals surface area contributed by atoms with E-state index < -0.39 is 0 Å². The molecule has 0 bridgehead atoms. The van der Waals surface area contributed by atoms with Crippen LogP contribution < -0.4 is 9.30 Å². The molecule has 0 saturated carbocycles. The number of fused-ring (bicyclic) bond motifs is 4. The predicted octanol–water partition coefficient (Wildman–Crippen LogP) is 15.3. The minimum atomic E-state index is -0.0392. The topological polar surface area (TPSA) is 35.9 Å². The third-order valence-electron chi connectivity index (χ3n) is 13.2. The average molecular weight is 1060 g/mol. The van der Waals surface area contributed by atoms with E-state index in [1.165, 1.54) is 22.3 Å². The molecular weight excluding hydrogens is 1000 g/mol. The molecule has 0 radical (unpaired) electrons. The van der Waals surface area contributed by atoms with Gasteiger partial charge in [-0.1, -0.05) is 177 Å². The molecule has 10 rings (SSSR count). The molecule has 0 spiro atoms. The normalized spacial score (nSPS) is 12.5. The van der Waals surface area contributed by atoms with Crippen molar-refractivity contribution in [2.24, 2.45) is 5.92 Å². The number of benzene rings is 7. The largest absolute Gasteiger partial charge is 0.510 e. The molecule has 0 N–H and O–H groups in total. The summed E-state index contributed by atoms with van der Waals surface area (Å²) in [6, 6.07) is 63.3. The fraction of sp³-hybridized carbons (Fsp3) is 0.213. The molecule has 0 saturated heterocycles. The molecule has 338 valence electrons. The van der Waals surface area contributed by atoms with Crippen molar-refractivity contribution in [1.82, 2.24) is 14.1 Å². The zero-order valence-electron chi connectivity index (χ0n) is 39.8. The quantitative estimate of drug-likeness (QED) is 0.107. The van der Waals surface area contributed by atoms with Crippen LogP contribution in [0.1, 0.15) is 84.9 Å². The Labute approximate surface area is 410 Å². The van der Waals surface area contributed by atoms with Crippen LogP contribution in [0.2, 0.25) is 0 Å². The van der Waals surface area contributed by atoms with Crippen LogP contribution in [-0.4, -0.2) is 14.1 Å². The molecule has 7 aromatic carbocycles. The standard InChI is InChI=1S/C61H56N4O.Pt/c1-40(2)41(3)43-31-32-62-58(35-43)65-54-26-14-13-23-52(54)53-30-29-49(38-57(53)65)66-48-22-17-21-47(37-48)63-39-64(56-28-16-15-27-55(56)63)59-50(42-19-11-10-12-20-42)24-18-25-51(59)44-33-45(60(4,5)6)36-46(34-44)61(7,8)9;/h10-36,40-41H,1-9H3;/q-2;. The second-order valence-corrected chi connectivity index (χ2v) is 20.0. The summed E-state index contributed by atoms with van der Waals surface area (Å²) in [4.78, 5) is 4.89. The summed E-state index contributed by atoms with van der Waals surface area (Å²) < 4.78 is 13.2. The molecule has 5 nitrogen and oxygen atoms in total. The Kier molecular flexibility index (Phi) is 12.2. The Morgan fingerprint density at radius 3 is 1.94 bits per heavy atom. The third-order valence-corrected chi connectivity index (χ3v) is 13.2. The second-order valence-electron chi connectivity index (χ2n) is 20.0. The van der Waals surface area contributed by atoms with Crippen molar-refractivity contribution in [2.45, 2.75) is 79.1 Å². The van der Waals surface area contributed by atoms with Gasteiger partial charge in [0.25, 0.3) is 6.33 Å². The fourth-order valence-electron chi connectivity index (χ4n) is 9.06.